The Morgan fingerprint density at radius 3 is 2.65 bits per heavy atom. The molecule has 1 atom stereocenters. The maximum Gasteiger partial charge on any atom is 0.0682 e. The number of aromatic nitrogens is 2. The molecule has 0 fully saturated rings. The van der Waals surface area contributed by atoms with Crippen molar-refractivity contribution in [2.45, 2.75) is 25.8 Å². The van der Waals surface area contributed by atoms with E-state index in [2.05, 4.69) is 29.3 Å². The van der Waals surface area contributed by atoms with Crippen LogP contribution >= 0.6 is 12.4 Å². The molecule has 3 N–H and O–H groups in total. The fourth-order valence-corrected chi connectivity index (χ4v) is 1.75. The molecule has 0 spiro atoms. The van der Waals surface area contributed by atoms with Crippen LogP contribution in [0.1, 0.15) is 18.9 Å². The molecule has 2 rings (SSSR count). The van der Waals surface area contributed by atoms with Crippen molar-refractivity contribution in [2.75, 3.05) is 0 Å². The molecule has 0 bridgehead atoms. The molecule has 0 amide bonds. The molecule has 92 valence electrons. The van der Waals surface area contributed by atoms with E-state index >= 15 is 0 Å². The minimum atomic E-state index is 0. The van der Waals surface area contributed by atoms with Crippen LogP contribution in [0.25, 0.3) is 11.3 Å². The smallest absolute Gasteiger partial charge is 0.0682 e. The van der Waals surface area contributed by atoms with E-state index in [-0.39, 0.29) is 18.4 Å². The van der Waals surface area contributed by atoms with Crippen molar-refractivity contribution < 1.29 is 0 Å². The maximum atomic E-state index is 5.97. The summed E-state index contributed by atoms with van der Waals surface area (Å²) in [5.41, 5.74) is 9.42. The third kappa shape index (κ3) is 3.32. The number of nitrogens with zero attached hydrogens (tertiary/aromatic N) is 1. The predicted molar refractivity (Wildman–Crippen MR) is 73.2 cm³/mol. The average molecular weight is 252 g/mol. The summed E-state index contributed by atoms with van der Waals surface area (Å²) < 4.78 is 0. The topological polar surface area (TPSA) is 54.7 Å². The predicted octanol–water partition coefficient (Wildman–Crippen LogP) is 2.78. The number of rotatable bonds is 4. The first-order valence-corrected chi connectivity index (χ1v) is 5.64. The van der Waals surface area contributed by atoms with Crippen LogP contribution in [0.3, 0.4) is 0 Å². The van der Waals surface area contributed by atoms with Crippen molar-refractivity contribution in [2.24, 2.45) is 5.73 Å². The fourth-order valence-electron chi connectivity index (χ4n) is 1.75. The van der Waals surface area contributed by atoms with Gasteiger partial charge >= 0.3 is 0 Å². The molecular formula is C13H18ClN3. The van der Waals surface area contributed by atoms with E-state index in [4.69, 9.17) is 5.73 Å². The molecule has 1 heterocycles. The Labute approximate surface area is 108 Å². The highest BCUT2D eigenvalue weighted by Crippen LogP contribution is 2.21. The van der Waals surface area contributed by atoms with Gasteiger partial charge in [0.2, 0.25) is 0 Å². The van der Waals surface area contributed by atoms with Crippen LogP contribution in [0.15, 0.2) is 36.5 Å². The lowest BCUT2D eigenvalue weighted by Gasteiger charge is -2.08. The SMILES string of the molecule is CCC(N)Cc1cn[nH]c1-c1ccccc1.Cl. The Morgan fingerprint density at radius 1 is 1.29 bits per heavy atom. The molecule has 4 heteroatoms. The van der Waals surface area contributed by atoms with E-state index in [1.54, 1.807) is 0 Å². The zero-order valence-corrected chi connectivity index (χ0v) is 10.7. The van der Waals surface area contributed by atoms with Crippen molar-refractivity contribution in [3.8, 4) is 11.3 Å². The highest BCUT2D eigenvalue weighted by atomic mass is 35.5. The van der Waals surface area contributed by atoms with E-state index in [1.165, 1.54) is 11.1 Å². The third-order valence-electron chi connectivity index (χ3n) is 2.79. The number of hydrogen-bond acceptors (Lipinski definition) is 2. The number of H-pyrrole nitrogens is 1. The molecule has 0 aliphatic heterocycles. The van der Waals surface area contributed by atoms with Crippen molar-refractivity contribution in [3.05, 3.63) is 42.1 Å². The molecular weight excluding hydrogens is 234 g/mol. The van der Waals surface area contributed by atoms with Gasteiger partial charge in [-0.05, 0) is 24.0 Å². The van der Waals surface area contributed by atoms with Crippen LogP contribution in [0.4, 0.5) is 0 Å². The van der Waals surface area contributed by atoms with Gasteiger partial charge in [-0.1, -0.05) is 37.3 Å². The third-order valence-corrected chi connectivity index (χ3v) is 2.79. The zero-order valence-electron chi connectivity index (χ0n) is 9.89. The van der Waals surface area contributed by atoms with E-state index in [0.717, 1.165) is 18.5 Å². The maximum absolute atomic E-state index is 5.97. The first-order valence-electron chi connectivity index (χ1n) is 5.64. The number of benzene rings is 1. The van der Waals surface area contributed by atoms with Gasteiger partial charge in [-0.2, -0.15) is 5.10 Å². The first kappa shape index (κ1) is 13.7. The molecule has 2 aromatic rings. The highest BCUT2D eigenvalue weighted by molar-refractivity contribution is 5.85. The second kappa shape index (κ2) is 6.42. The molecule has 17 heavy (non-hydrogen) atoms. The van der Waals surface area contributed by atoms with E-state index in [1.807, 2.05) is 24.4 Å². The minimum absolute atomic E-state index is 0. The van der Waals surface area contributed by atoms with Crippen LogP contribution in [-0.2, 0) is 6.42 Å². The molecule has 3 nitrogen and oxygen atoms in total. The van der Waals surface area contributed by atoms with Crippen LogP contribution in [0, 0.1) is 0 Å². The quantitative estimate of drug-likeness (QED) is 0.878. The van der Waals surface area contributed by atoms with Gasteiger partial charge in [0.25, 0.3) is 0 Å². The normalized spacial score (nSPS) is 11.9. The van der Waals surface area contributed by atoms with E-state index < -0.39 is 0 Å². The largest absolute Gasteiger partial charge is 0.327 e. The molecule has 0 saturated carbocycles. The van der Waals surface area contributed by atoms with Gasteiger partial charge < -0.3 is 5.73 Å². The van der Waals surface area contributed by atoms with Gasteiger partial charge in [0.05, 0.1) is 11.9 Å². The summed E-state index contributed by atoms with van der Waals surface area (Å²) in [6.07, 6.45) is 3.73. The number of nitrogens with one attached hydrogen (secondary N) is 1. The van der Waals surface area contributed by atoms with Gasteiger partial charge in [-0.15, -0.1) is 12.4 Å². The van der Waals surface area contributed by atoms with Crippen molar-refractivity contribution in [1.29, 1.82) is 0 Å². The Bertz CT molecular complexity index is 439. The summed E-state index contributed by atoms with van der Waals surface area (Å²) >= 11 is 0. The second-order valence-electron chi connectivity index (χ2n) is 4.01. The summed E-state index contributed by atoms with van der Waals surface area (Å²) in [4.78, 5) is 0. The summed E-state index contributed by atoms with van der Waals surface area (Å²) in [6.45, 7) is 2.10. The monoisotopic (exact) mass is 251 g/mol. The molecule has 0 aliphatic carbocycles. The van der Waals surface area contributed by atoms with Crippen molar-refractivity contribution in [1.82, 2.24) is 10.2 Å². The van der Waals surface area contributed by atoms with Gasteiger partial charge in [-0.25, -0.2) is 0 Å². The van der Waals surface area contributed by atoms with Crippen LogP contribution < -0.4 is 5.73 Å². The lowest BCUT2D eigenvalue weighted by atomic mass is 10.0. The lowest BCUT2D eigenvalue weighted by molar-refractivity contribution is 0.647. The summed E-state index contributed by atoms with van der Waals surface area (Å²) in [7, 11) is 0. The first-order chi connectivity index (χ1) is 7.81. The van der Waals surface area contributed by atoms with Gasteiger partial charge in [0.1, 0.15) is 0 Å². The van der Waals surface area contributed by atoms with E-state index in [0.29, 0.717) is 0 Å². The number of nitrogens with two attached hydrogens (primary N) is 1. The van der Waals surface area contributed by atoms with Crippen LogP contribution in [0.2, 0.25) is 0 Å². The van der Waals surface area contributed by atoms with Gasteiger partial charge in [0, 0.05) is 6.04 Å². The van der Waals surface area contributed by atoms with Crippen LogP contribution in [0.5, 0.6) is 0 Å². The summed E-state index contributed by atoms with van der Waals surface area (Å²) in [6, 6.07) is 10.4. The molecule has 1 unspecified atom stereocenters. The minimum Gasteiger partial charge on any atom is -0.327 e. The Kier molecular flexibility index (Phi) is 5.19. The molecule has 1 aromatic carbocycles. The number of aromatic amines is 1. The van der Waals surface area contributed by atoms with Gasteiger partial charge in [0.15, 0.2) is 0 Å². The number of halogens is 1. The van der Waals surface area contributed by atoms with Crippen LogP contribution in [-0.4, -0.2) is 16.2 Å². The molecule has 0 radical (unpaired) electrons. The highest BCUT2D eigenvalue weighted by Gasteiger charge is 2.09. The lowest BCUT2D eigenvalue weighted by Crippen LogP contribution is -2.21. The van der Waals surface area contributed by atoms with Crippen molar-refractivity contribution >= 4 is 12.4 Å². The summed E-state index contributed by atoms with van der Waals surface area (Å²) in [5.74, 6) is 0. The number of hydrogen-bond donors (Lipinski definition) is 2. The Morgan fingerprint density at radius 2 is 2.00 bits per heavy atom. The summed E-state index contributed by atoms with van der Waals surface area (Å²) in [5, 5.41) is 7.15. The standard InChI is InChI=1S/C13H17N3.ClH/c1-2-12(14)8-11-9-15-16-13(11)10-6-4-3-5-7-10;/h3-7,9,12H,2,8,14H2,1H3,(H,15,16);1H. The molecule has 0 aliphatic rings. The average Bonchev–Trinajstić information content (AvgIpc) is 2.78. The molecule has 1 aromatic heterocycles. The second-order valence-corrected chi connectivity index (χ2v) is 4.01. The van der Waals surface area contributed by atoms with E-state index in [9.17, 15) is 0 Å². The Hall–Kier alpha value is -1.32. The zero-order chi connectivity index (χ0) is 11.4. The van der Waals surface area contributed by atoms with Crippen molar-refractivity contribution in [3.63, 3.8) is 0 Å². The van der Waals surface area contributed by atoms with Gasteiger partial charge in [-0.3, -0.25) is 5.10 Å². The fraction of sp³-hybridized carbons (Fsp3) is 0.308. The molecule has 0 saturated heterocycles. The Balaban J connectivity index is 0.00000144.